The van der Waals surface area contributed by atoms with Gasteiger partial charge in [0.1, 0.15) is 17.0 Å². The molecule has 0 amide bonds. The molecule has 184 valence electrons. The van der Waals surface area contributed by atoms with Crippen molar-refractivity contribution in [2.75, 3.05) is 38.3 Å². The van der Waals surface area contributed by atoms with Gasteiger partial charge in [0.2, 0.25) is 0 Å². The van der Waals surface area contributed by atoms with Gasteiger partial charge in [0.15, 0.2) is 0 Å². The number of aromatic hydroxyl groups is 1. The topological polar surface area (TPSA) is 102 Å². The number of phenolic OH excluding ortho intramolecular Hbond substituents is 1. The van der Waals surface area contributed by atoms with E-state index in [1.54, 1.807) is 19.2 Å². The average molecular weight is 486 g/mol. The highest BCUT2D eigenvalue weighted by molar-refractivity contribution is 5.99. The van der Waals surface area contributed by atoms with Crippen LogP contribution in [0.25, 0.3) is 32.9 Å². The van der Waals surface area contributed by atoms with E-state index in [-0.39, 0.29) is 35.4 Å². The van der Waals surface area contributed by atoms with Crippen LogP contribution < -0.4 is 20.5 Å². The molecule has 2 unspecified atom stereocenters. The minimum absolute atomic E-state index is 0.0729. The molecule has 4 heterocycles. The van der Waals surface area contributed by atoms with Gasteiger partial charge in [0.25, 0.3) is 5.56 Å². The Morgan fingerprint density at radius 3 is 2.58 bits per heavy atom. The van der Waals surface area contributed by atoms with Gasteiger partial charge in [-0.15, -0.1) is 0 Å². The van der Waals surface area contributed by atoms with E-state index in [4.69, 9.17) is 14.5 Å². The summed E-state index contributed by atoms with van der Waals surface area (Å²) in [6.45, 7) is 2.66. The lowest BCUT2D eigenvalue weighted by atomic mass is 9.99. The number of morpholine rings is 1. The van der Waals surface area contributed by atoms with E-state index in [1.165, 1.54) is 0 Å². The molecule has 7 rings (SSSR count). The molecule has 2 N–H and O–H groups in total. The van der Waals surface area contributed by atoms with E-state index >= 15 is 0 Å². The Labute approximate surface area is 207 Å². The van der Waals surface area contributed by atoms with Crippen molar-refractivity contribution < 1.29 is 14.6 Å². The zero-order valence-electron chi connectivity index (χ0n) is 20.0. The fourth-order valence-electron chi connectivity index (χ4n) is 5.75. The van der Waals surface area contributed by atoms with Crippen molar-refractivity contribution in [1.29, 1.82) is 0 Å². The van der Waals surface area contributed by atoms with Crippen LogP contribution >= 0.6 is 0 Å². The van der Waals surface area contributed by atoms with Crippen LogP contribution in [0.5, 0.6) is 11.8 Å². The molecule has 3 fully saturated rings. The molecule has 0 spiro atoms. The number of phenols is 1. The summed E-state index contributed by atoms with van der Waals surface area (Å²) in [5, 5.41) is 16.4. The number of rotatable bonds is 4. The number of methoxy groups -OCH3 is 1. The number of pyridine rings is 1. The Bertz CT molecular complexity index is 1540. The van der Waals surface area contributed by atoms with Gasteiger partial charge in [-0.2, -0.15) is 9.97 Å². The lowest BCUT2D eigenvalue weighted by Gasteiger charge is -2.46. The second-order valence-corrected chi connectivity index (χ2v) is 9.86. The Hall–Kier alpha value is -3.69. The van der Waals surface area contributed by atoms with Gasteiger partial charge in [-0.1, -0.05) is 24.3 Å². The van der Waals surface area contributed by atoms with Crippen LogP contribution in [0.3, 0.4) is 0 Å². The Morgan fingerprint density at radius 2 is 1.83 bits per heavy atom. The summed E-state index contributed by atoms with van der Waals surface area (Å²) in [5.41, 5.74) is 1.99. The minimum Gasteiger partial charge on any atom is -0.508 e. The molecule has 9 nitrogen and oxygen atoms in total. The highest BCUT2D eigenvalue weighted by atomic mass is 16.5. The molecule has 2 atom stereocenters. The van der Waals surface area contributed by atoms with E-state index in [0.717, 1.165) is 48.0 Å². The third-order valence-electron chi connectivity index (χ3n) is 7.49. The monoisotopic (exact) mass is 485 g/mol. The molecule has 1 saturated carbocycles. The molecule has 2 aliphatic heterocycles. The number of ether oxygens (including phenoxy) is 2. The van der Waals surface area contributed by atoms with E-state index in [1.807, 2.05) is 34.9 Å². The first-order valence-corrected chi connectivity index (χ1v) is 12.4. The van der Waals surface area contributed by atoms with E-state index < -0.39 is 0 Å². The van der Waals surface area contributed by atoms with Crippen LogP contribution in [0.4, 0.5) is 5.82 Å². The third-order valence-corrected chi connectivity index (χ3v) is 7.49. The van der Waals surface area contributed by atoms with Gasteiger partial charge in [-0.3, -0.25) is 4.79 Å². The maximum absolute atomic E-state index is 14.3. The second kappa shape index (κ2) is 8.18. The quantitative estimate of drug-likeness (QED) is 0.455. The second-order valence-electron chi connectivity index (χ2n) is 9.86. The summed E-state index contributed by atoms with van der Waals surface area (Å²) in [5.74, 6) is 0.775. The maximum Gasteiger partial charge on any atom is 0.318 e. The lowest BCUT2D eigenvalue weighted by Crippen LogP contribution is -2.64. The zero-order chi connectivity index (χ0) is 24.4. The van der Waals surface area contributed by atoms with Crippen molar-refractivity contribution in [3.05, 3.63) is 52.8 Å². The fourth-order valence-corrected chi connectivity index (χ4v) is 5.75. The van der Waals surface area contributed by atoms with E-state index in [9.17, 15) is 9.90 Å². The van der Waals surface area contributed by atoms with Crippen molar-refractivity contribution in [1.82, 2.24) is 19.9 Å². The van der Waals surface area contributed by atoms with Crippen LogP contribution in [-0.2, 0) is 4.74 Å². The van der Waals surface area contributed by atoms with Crippen molar-refractivity contribution in [3.63, 3.8) is 0 Å². The predicted octanol–water partition coefficient (Wildman–Crippen LogP) is 2.84. The van der Waals surface area contributed by atoms with E-state index in [0.29, 0.717) is 29.9 Å². The Kier molecular flexibility index (Phi) is 4.90. The molecule has 2 saturated heterocycles. The van der Waals surface area contributed by atoms with Crippen molar-refractivity contribution in [3.8, 4) is 23.0 Å². The van der Waals surface area contributed by atoms with Crippen LogP contribution in [0.2, 0.25) is 0 Å². The largest absolute Gasteiger partial charge is 0.508 e. The lowest BCUT2D eigenvalue weighted by molar-refractivity contribution is 0.0523. The van der Waals surface area contributed by atoms with Gasteiger partial charge >= 0.3 is 6.01 Å². The number of hydrogen-bond donors (Lipinski definition) is 2. The predicted molar refractivity (Wildman–Crippen MR) is 137 cm³/mol. The average Bonchev–Trinajstić information content (AvgIpc) is 3.72. The summed E-state index contributed by atoms with van der Waals surface area (Å²) in [6.07, 6.45) is 1.88. The minimum atomic E-state index is -0.104. The summed E-state index contributed by atoms with van der Waals surface area (Å²) in [7, 11) is 1.54. The number of aromatic nitrogens is 3. The van der Waals surface area contributed by atoms with Crippen molar-refractivity contribution in [2.24, 2.45) is 0 Å². The Morgan fingerprint density at radius 1 is 1.06 bits per heavy atom. The number of anilines is 1. The molecule has 2 aromatic heterocycles. The molecular formula is C27H27N5O4. The first kappa shape index (κ1) is 21.6. The first-order chi connectivity index (χ1) is 17.6. The zero-order valence-corrected chi connectivity index (χ0v) is 20.0. The molecule has 0 radical (unpaired) electrons. The van der Waals surface area contributed by atoms with E-state index in [2.05, 4.69) is 15.2 Å². The van der Waals surface area contributed by atoms with Crippen LogP contribution in [0.15, 0.2) is 47.3 Å². The highest BCUT2D eigenvalue weighted by Gasteiger charge is 2.38. The smallest absolute Gasteiger partial charge is 0.318 e. The number of fused-ring (bicyclic) bond motifs is 4. The number of piperazine rings is 1. The Balaban J connectivity index is 1.54. The number of nitrogens with zero attached hydrogens (tertiary/aromatic N) is 4. The molecular weight excluding hydrogens is 458 g/mol. The standard InChI is InChI=1S/C27H27N5O4/c1-35-27-29-22-10-23(21-9-19(33)8-15-4-2-3-5-20(15)21)32(16-6-7-16)26(34)24(22)25(30-27)31-17-11-28-12-18(31)14-36-13-17/h2-5,8-10,16-18,28,33H,6-7,11-14H2,1H3. The molecule has 4 aromatic rings. The van der Waals surface area contributed by atoms with Crippen molar-refractivity contribution in [2.45, 2.75) is 31.0 Å². The normalized spacial score (nSPS) is 21.8. The van der Waals surface area contributed by atoms with Crippen LogP contribution in [-0.4, -0.2) is 65.1 Å². The molecule has 3 aliphatic rings. The van der Waals surface area contributed by atoms with Gasteiger partial charge in [-0.05, 0) is 41.8 Å². The first-order valence-electron chi connectivity index (χ1n) is 12.4. The summed E-state index contributed by atoms with van der Waals surface area (Å²) in [4.78, 5) is 25.9. The van der Waals surface area contributed by atoms with Crippen LogP contribution in [0.1, 0.15) is 18.9 Å². The molecule has 36 heavy (non-hydrogen) atoms. The number of hydrogen-bond acceptors (Lipinski definition) is 8. The summed E-state index contributed by atoms with van der Waals surface area (Å²) >= 11 is 0. The molecule has 2 aromatic carbocycles. The fraction of sp³-hybridized carbons (Fsp3) is 0.370. The maximum atomic E-state index is 14.3. The summed E-state index contributed by atoms with van der Waals surface area (Å²) < 4.78 is 13.2. The van der Waals surface area contributed by atoms with Gasteiger partial charge in [-0.25, -0.2) is 0 Å². The van der Waals surface area contributed by atoms with Gasteiger partial charge in [0.05, 0.1) is 43.6 Å². The highest BCUT2D eigenvalue weighted by Crippen LogP contribution is 2.41. The van der Waals surface area contributed by atoms with Crippen LogP contribution in [0, 0.1) is 0 Å². The number of benzene rings is 2. The van der Waals surface area contributed by atoms with Gasteiger partial charge in [0, 0.05) is 24.7 Å². The SMILES string of the molecule is COc1nc(N2C3CNCC2COC3)c2c(=O)n(C3CC3)c(-c3cc(O)cc4ccccc34)cc2n1. The van der Waals surface area contributed by atoms with Crippen molar-refractivity contribution >= 4 is 27.5 Å². The van der Waals surface area contributed by atoms with Gasteiger partial charge < -0.3 is 29.4 Å². The number of nitrogens with one attached hydrogen (secondary N) is 1. The summed E-state index contributed by atoms with van der Waals surface area (Å²) in [6, 6.07) is 13.8. The third kappa shape index (κ3) is 3.34. The molecule has 2 bridgehead atoms. The molecule has 9 heteroatoms. The molecule has 1 aliphatic carbocycles.